The Morgan fingerprint density at radius 1 is 1.38 bits per heavy atom. The summed E-state index contributed by atoms with van der Waals surface area (Å²) in [7, 11) is 2.83. The van der Waals surface area contributed by atoms with Crippen LogP contribution in [0.2, 0.25) is 0 Å². The minimum absolute atomic E-state index is 0.171. The minimum Gasteiger partial charge on any atom is -0.480 e. The van der Waals surface area contributed by atoms with Crippen LogP contribution < -0.4 is 10.6 Å². The van der Waals surface area contributed by atoms with Crippen molar-refractivity contribution < 1.29 is 19.5 Å². The minimum atomic E-state index is -1.07. The lowest BCUT2D eigenvalue weighted by atomic mass is 10.2. The zero-order valence-corrected chi connectivity index (χ0v) is 9.61. The highest BCUT2D eigenvalue weighted by atomic mass is 16.4. The molecule has 0 aliphatic rings. The number of nitrogens with one attached hydrogen (secondary N) is 2. The Balaban J connectivity index is 4.26. The van der Waals surface area contributed by atoms with Gasteiger partial charge in [-0.15, -0.1) is 0 Å². The van der Waals surface area contributed by atoms with E-state index in [0.717, 1.165) is 4.90 Å². The first-order chi connectivity index (χ1) is 7.43. The molecule has 0 aliphatic carbocycles. The Morgan fingerprint density at radius 3 is 2.31 bits per heavy atom. The van der Waals surface area contributed by atoms with Crippen LogP contribution in [-0.4, -0.2) is 54.6 Å². The molecule has 7 heteroatoms. The van der Waals surface area contributed by atoms with Crippen molar-refractivity contribution in [1.29, 1.82) is 0 Å². The number of rotatable bonds is 5. The summed E-state index contributed by atoms with van der Waals surface area (Å²) in [5.74, 6) is -1.41. The lowest BCUT2D eigenvalue weighted by Gasteiger charge is -2.23. The summed E-state index contributed by atoms with van der Waals surface area (Å²) in [6.45, 7) is 1.50. The third-order valence-corrected chi connectivity index (χ3v) is 2.14. The highest BCUT2D eigenvalue weighted by molar-refractivity contribution is 5.86. The molecular weight excluding hydrogens is 214 g/mol. The molecule has 0 aromatic carbocycles. The lowest BCUT2D eigenvalue weighted by Crippen LogP contribution is -2.48. The summed E-state index contributed by atoms with van der Waals surface area (Å²) in [5.41, 5.74) is 0. The molecule has 0 aromatic heterocycles. The molecule has 1 atom stereocenters. The number of urea groups is 1. The van der Waals surface area contributed by atoms with Gasteiger partial charge in [0.15, 0.2) is 0 Å². The molecule has 0 saturated carbocycles. The number of aliphatic carboxylic acids is 1. The number of nitrogens with zero attached hydrogens (tertiary/aromatic N) is 1. The van der Waals surface area contributed by atoms with Crippen molar-refractivity contribution in [2.75, 3.05) is 20.6 Å². The smallest absolute Gasteiger partial charge is 0.326 e. The summed E-state index contributed by atoms with van der Waals surface area (Å²) < 4.78 is 0. The predicted molar refractivity (Wildman–Crippen MR) is 56.9 cm³/mol. The van der Waals surface area contributed by atoms with Gasteiger partial charge in [0.25, 0.3) is 0 Å². The average molecular weight is 231 g/mol. The Bertz CT molecular complexity index is 280. The molecule has 3 amide bonds. The molecule has 0 spiro atoms. The van der Waals surface area contributed by atoms with Gasteiger partial charge >= 0.3 is 12.0 Å². The predicted octanol–water partition coefficient (Wildman–Crippen LogP) is -0.763. The van der Waals surface area contributed by atoms with Gasteiger partial charge < -0.3 is 20.6 Å². The summed E-state index contributed by atoms with van der Waals surface area (Å²) in [6.07, 6.45) is 0.305. The van der Waals surface area contributed by atoms with Crippen LogP contribution in [0.15, 0.2) is 0 Å². The van der Waals surface area contributed by atoms with E-state index in [0.29, 0.717) is 6.42 Å². The second-order valence-electron chi connectivity index (χ2n) is 3.21. The van der Waals surface area contributed by atoms with Crippen molar-refractivity contribution >= 4 is 17.9 Å². The zero-order chi connectivity index (χ0) is 12.7. The van der Waals surface area contributed by atoms with E-state index in [2.05, 4.69) is 10.6 Å². The fourth-order valence-corrected chi connectivity index (χ4v) is 1.12. The molecular formula is C9H17N3O4. The molecule has 0 fully saturated rings. The number of carboxylic acids is 1. The zero-order valence-electron chi connectivity index (χ0n) is 9.61. The van der Waals surface area contributed by atoms with Crippen LogP contribution in [0.5, 0.6) is 0 Å². The molecule has 7 nitrogen and oxygen atoms in total. The number of hydrogen-bond acceptors (Lipinski definition) is 3. The van der Waals surface area contributed by atoms with Crippen molar-refractivity contribution in [3.63, 3.8) is 0 Å². The Morgan fingerprint density at radius 2 is 1.94 bits per heavy atom. The number of carboxylic acid groups (broad SMARTS) is 1. The van der Waals surface area contributed by atoms with Crippen LogP contribution >= 0.6 is 0 Å². The second-order valence-corrected chi connectivity index (χ2v) is 3.21. The number of carbonyl (C=O) groups excluding carboxylic acids is 2. The maximum atomic E-state index is 11.4. The van der Waals surface area contributed by atoms with E-state index in [9.17, 15) is 14.4 Å². The summed E-state index contributed by atoms with van der Waals surface area (Å²) in [5, 5.41) is 13.5. The number of likely N-dealkylation sites (N-methyl/N-ethyl adjacent to an activating group) is 2. The van der Waals surface area contributed by atoms with Crippen LogP contribution in [0.25, 0.3) is 0 Å². The first-order valence-electron chi connectivity index (χ1n) is 4.88. The van der Waals surface area contributed by atoms with Crippen LogP contribution in [0, 0.1) is 0 Å². The van der Waals surface area contributed by atoms with Crippen LogP contribution in [0.1, 0.15) is 13.3 Å². The maximum Gasteiger partial charge on any atom is 0.326 e. The van der Waals surface area contributed by atoms with E-state index in [1.807, 2.05) is 0 Å². The number of hydrogen-bond donors (Lipinski definition) is 3. The molecule has 0 bridgehead atoms. The molecule has 0 heterocycles. The second kappa shape index (κ2) is 6.65. The molecule has 16 heavy (non-hydrogen) atoms. The highest BCUT2D eigenvalue weighted by Crippen LogP contribution is 2.01. The van der Waals surface area contributed by atoms with Crippen LogP contribution in [0.4, 0.5) is 4.79 Å². The first-order valence-corrected chi connectivity index (χ1v) is 4.88. The van der Waals surface area contributed by atoms with Gasteiger partial charge in [-0.2, -0.15) is 0 Å². The quantitative estimate of drug-likeness (QED) is 0.579. The Labute approximate surface area is 93.8 Å². The van der Waals surface area contributed by atoms with Crippen molar-refractivity contribution in [3.8, 4) is 0 Å². The van der Waals surface area contributed by atoms with Crippen molar-refractivity contribution in [2.24, 2.45) is 0 Å². The van der Waals surface area contributed by atoms with Crippen molar-refractivity contribution in [1.82, 2.24) is 15.5 Å². The van der Waals surface area contributed by atoms with Gasteiger partial charge in [-0.3, -0.25) is 4.79 Å². The average Bonchev–Trinajstić information content (AvgIpc) is 2.25. The van der Waals surface area contributed by atoms with Crippen molar-refractivity contribution in [2.45, 2.75) is 19.4 Å². The topological polar surface area (TPSA) is 98.7 Å². The van der Waals surface area contributed by atoms with E-state index < -0.39 is 18.0 Å². The Hall–Kier alpha value is -1.79. The van der Waals surface area contributed by atoms with Gasteiger partial charge in [0.05, 0.1) is 6.54 Å². The monoisotopic (exact) mass is 231 g/mol. The van der Waals surface area contributed by atoms with E-state index in [1.165, 1.54) is 14.1 Å². The lowest BCUT2D eigenvalue weighted by molar-refractivity contribution is -0.141. The standard InChI is InChI=1S/C9H17N3O4/c1-4-6(8(14)15)12(3)9(16)11-5-7(13)10-2/h6H,4-5H2,1-3H3,(H,10,13)(H,11,16)(H,14,15). The number of carbonyl (C=O) groups is 3. The van der Waals surface area contributed by atoms with Gasteiger partial charge in [0.2, 0.25) is 5.91 Å². The molecule has 0 aromatic rings. The third-order valence-electron chi connectivity index (χ3n) is 2.14. The summed E-state index contributed by atoms with van der Waals surface area (Å²) in [6, 6.07) is -1.47. The van der Waals surface area contributed by atoms with Gasteiger partial charge in [0.1, 0.15) is 6.04 Å². The van der Waals surface area contributed by atoms with Crippen LogP contribution in [-0.2, 0) is 9.59 Å². The van der Waals surface area contributed by atoms with E-state index >= 15 is 0 Å². The van der Waals surface area contributed by atoms with E-state index in [4.69, 9.17) is 5.11 Å². The van der Waals surface area contributed by atoms with Crippen LogP contribution in [0.3, 0.4) is 0 Å². The van der Waals surface area contributed by atoms with Gasteiger partial charge in [0, 0.05) is 14.1 Å². The van der Waals surface area contributed by atoms with Gasteiger partial charge in [-0.05, 0) is 6.42 Å². The molecule has 0 saturated heterocycles. The third kappa shape index (κ3) is 4.16. The molecule has 0 radical (unpaired) electrons. The Kier molecular flexibility index (Phi) is 5.91. The largest absolute Gasteiger partial charge is 0.480 e. The first kappa shape index (κ1) is 14.2. The number of amides is 3. The summed E-state index contributed by atoms with van der Waals surface area (Å²) in [4.78, 5) is 34.1. The van der Waals surface area contributed by atoms with Gasteiger partial charge in [-0.1, -0.05) is 6.92 Å². The van der Waals surface area contributed by atoms with Crippen molar-refractivity contribution in [3.05, 3.63) is 0 Å². The molecule has 3 N–H and O–H groups in total. The molecule has 1 unspecified atom stereocenters. The fourth-order valence-electron chi connectivity index (χ4n) is 1.12. The maximum absolute atomic E-state index is 11.4. The molecule has 0 rings (SSSR count). The van der Waals surface area contributed by atoms with E-state index in [1.54, 1.807) is 6.92 Å². The molecule has 92 valence electrons. The van der Waals surface area contributed by atoms with Gasteiger partial charge in [-0.25, -0.2) is 9.59 Å². The highest BCUT2D eigenvalue weighted by Gasteiger charge is 2.24. The van der Waals surface area contributed by atoms with E-state index in [-0.39, 0.29) is 12.5 Å². The summed E-state index contributed by atoms with van der Waals surface area (Å²) >= 11 is 0. The molecule has 0 aliphatic heterocycles. The normalized spacial score (nSPS) is 11.4. The SMILES string of the molecule is CCC(C(=O)O)N(C)C(=O)NCC(=O)NC. The fraction of sp³-hybridized carbons (Fsp3) is 0.667.